The second-order valence-corrected chi connectivity index (χ2v) is 7.02. The minimum absolute atomic E-state index is 0.226. The lowest BCUT2D eigenvalue weighted by Crippen LogP contribution is -3.16. The van der Waals surface area contributed by atoms with Crippen molar-refractivity contribution in [3.05, 3.63) is 35.4 Å². The molecule has 0 saturated heterocycles. The molecule has 0 aliphatic carbocycles. The summed E-state index contributed by atoms with van der Waals surface area (Å²) in [6.07, 6.45) is 0.970. The van der Waals surface area contributed by atoms with Crippen LogP contribution in [0.25, 0.3) is 0 Å². The summed E-state index contributed by atoms with van der Waals surface area (Å²) >= 11 is 0. The van der Waals surface area contributed by atoms with Crippen LogP contribution in [0.15, 0.2) is 24.3 Å². The number of carbonyl (C=O) groups excluding carboxylic acids is 2. The normalized spacial score (nSPS) is 19.0. The predicted molar refractivity (Wildman–Crippen MR) is 85.6 cm³/mol. The van der Waals surface area contributed by atoms with Crippen LogP contribution in [0.3, 0.4) is 0 Å². The number of urea groups is 1. The molecule has 1 aliphatic rings. The number of hydrogen-bond acceptors (Lipinski definition) is 2. The van der Waals surface area contributed by atoms with Crippen molar-refractivity contribution in [2.45, 2.75) is 52.2 Å². The summed E-state index contributed by atoms with van der Waals surface area (Å²) in [5, 5.41) is 5.19. The van der Waals surface area contributed by atoms with Gasteiger partial charge in [0.05, 0.1) is 6.54 Å². The topological polar surface area (TPSA) is 62.6 Å². The Morgan fingerprint density at radius 2 is 1.82 bits per heavy atom. The first-order valence-corrected chi connectivity index (χ1v) is 7.80. The fraction of sp³-hybridized carbons (Fsp3) is 0.529. The maximum absolute atomic E-state index is 12.3. The highest BCUT2D eigenvalue weighted by atomic mass is 16.2. The average Bonchev–Trinajstić information content (AvgIpc) is 2.43. The summed E-state index contributed by atoms with van der Waals surface area (Å²) < 4.78 is 0. The van der Waals surface area contributed by atoms with Crippen molar-refractivity contribution in [3.63, 3.8) is 0 Å². The lowest BCUT2D eigenvalue weighted by atomic mass is 9.99. The van der Waals surface area contributed by atoms with Crippen molar-refractivity contribution in [2.75, 3.05) is 6.54 Å². The lowest BCUT2D eigenvalue weighted by molar-refractivity contribution is -0.929. The van der Waals surface area contributed by atoms with E-state index in [4.69, 9.17) is 0 Å². The Bertz CT molecular complexity index is 563. The van der Waals surface area contributed by atoms with Crippen molar-refractivity contribution in [1.29, 1.82) is 0 Å². The molecule has 1 heterocycles. The fourth-order valence-corrected chi connectivity index (χ4v) is 2.75. The Labute approximate surface area is 132 Å². The number of carbonyl (C=O) groups is 2. The largest absolute Gasteiger partial charge is 0.333 e. The first kappa shape index (κ1) is 16.5. The lowest BCUT2D eigenvalue weighted by Gasteiger charge is -2.30. The Kier molecular flexibility index (Phi) is 4.86. The quantitative estimate of drug-likeness (QED) is 0.751. The number of hydrogen-bond donors (Lipinski definition) is 3. The van der Waals surface area contributed by atoms with Gasteiger partial charge < -0.3 is 10.2 Å². The van der Waals surface area contributed by atoms with Crippen LogP contribution in [0.5, 0.6) is 0 Å². The second-order valence-electron chi connectivity index (χ2n) is 7.02. The molecular formula is C17H26N3O2+. The van der Waals surface area contributed by atoms with E-state index in [-0.39, 0.29) is 17.5 Å². The third kappa shape index (κ3) is 4.31. The van der Waals surface area contributed by atoms with Gasteiger partial charge in [-0.3, -0.25) is 10.1 Å². The number of imide groups is 1. The molecule has 0 fully saturated rings. The Morgan fingerprint density at radius 3 is 2.45 bits per heavy atom. The predicted octanol–water partition coefficient (Wildman–Crippen LogP) is 0.640. The van der Waals surface area contributed by atoms with Crippen LogP contribution >= 0.6 is 0 Å². The molecule has 0 aromatic heterocycles. The SMILES string of the molecule is C[C@H](C(=O)NC(=O)NC(C)(C)C)[NH+]1CCc2ccccc2C1. The zero-order valence-corrected chi connectivity index (χ0v) is 13.8. The van der Waals surface area contributed by atoms with E-state index in [1.165, 1.54) is 16.0 Å². The summed E-state index contributed by atoms with van der Waals surface area (Å²) in [4.78, 5) is 25.3. The van der Waals surface area contributed by atoms with Crippen molar-refractivity contribution < 1.29 is 14.5 Å². The van der Waals surface area contributed by atoms with E-state index in [1.807, 2.05) is 33.8 Å². The highest BCUT2D eigenvalue weighted by molar-refractivity contribution is 5.96. The first-order chi connectivity index (χ1) is 10.3. The van der Waals surface area contributed by atoms with Crippen LogP contribution in [0.2, 0.25) is 0 Å². The fourth-order valence-electron chi connectivity index (χ4n) is 2.75. The van der Waals surface area contributed by atoms with Gasteiger partial charge in [-0.15, -0.1) is 0 Å². The number of benzene rings is 1. The molecule has 0 spiro atoms. The van der Waals surface area contributed by atoms with E-state index >= 15 is 0 Å². The van der Waals surface area contributed by atoms with E-state index in [0.29, 0.717) is 0 Å². The third-order valence-electron chi connectivity index (χ3n) is 3.98. The molecule has 1 aliphatic heterocycles. The van der Waals surface area contributed by atoms with E-state index < -0.39 is 6.03 Å². The number of nitrogens with one attached hydrogen (secondary N) is 3. The van der Waals surface area contributed by atoms with Gasteiger partial charge in [-0.25, -0.2) is 4.79 Å². The van der Waals surface area contributed by atoms with Crippen LogP contribution in [0.1, 0.15) is 38.8 Å². The average molecular weight is 304 g/mol. The van der Waals surface area contributed by atoms with Crippen molar-refractivity contribution in [1.82, 2.24) is 10.6 Å². The number of quaternary nitrogens is 1. The minimum atomic E-state index is -0.429. The molecule has 2 rings (SSSR count). The molecule has 0 bridgehead atoms. The van der Waals surface area contributed by atoms with E-state index in [0.717, 1.165) is 19.5 Å². The summed E-state index contributed by atoms with van der Waals surface area (Å²) in [6.45, 7) is 9.26. The first-order valence-electron chi connectivity index (χ1n) is 7.80. The summed E-state index contributed by atoms with van der Waals surface area (Å²) in [7, 11) is 0. The van der Waals surface area contributed by atoms with E-state index in [2.05, 4.69) is 28.8 Å². The molecule has 3 N–H and O–H groups in total. The Hall–Kier alpha value is -1.88. The Balaban J connectivity index is 1.93. The third-order valence-corrected chi connectivity index (χ3v) is 3.98. The van der Waals surface area contributed by atoms with Crippen molar-refractivity contribution in [3.8, 4) is 0 Å². The molecule has 0 radical (unpaired) electrons. The maximum atomic E-state index is 12.3. The number of rotatable bonds is 2. The van der Waals surface area contributed by atoms with E-state index in [1.54, 1.807) is 0 Å². The zero-order valence-electron chi connectivity index (χ0n) is 13.8. The van der Waals surface area contributed by atoms with Gasteiger partial charge in [-0.2, -0.15) is 0 Å². The highest BCUT2D eigenvalue weighted by Gasteiger charge is 2.30. The molecule has 1 unspecified atom stereocenters. The number of fused-ring (bicyclic) bond motifs is 1. The van der Waals surface area contributed by atoms with Crippen LogP contribution in [0, 0.1) is 0 Å². The maximum Gasteiger partial charge on any atom is 0.322 e. The molecule has 0 saturated carbocycles. The van der Waals surface area contributed by atoms with E-state index in [9.17, 15) is 9.59 Å². The number of amides is 3. The molecule has 3 amide bonds. The molecule has 1 aromatic rings. The summed E-state index contributed by atoms with van der Waals surface area (Å²) in [5.74, 6) is -0.226. The van der Waals surface area contributed by atoms with Crippen molar-refractivity contribution >= 4 is 11.9 Å². The van der Waals surface area contributed by atoms with Gasteiger partial charge >= 0.3 is 6.03 Å². The van der Waals surface area contributed by atoms with Gasteiger partial charge in [0.25, 0.3) is 5.91 Å². The van der Waals surface area contributed by atoms with Gasteiger partial charge in [0.2, 0.25) is 0 Å². The molecule has 5 nitrogen and oxygen atoms in total. The molecule has 5 heteroatoms. The van der Waals surface area contributed by atoms with Gasteiger partial charge in [0.15, 0.2) is 6.04 Å². The highest BCUT2D eigenvalue weighted by Crippen LogP contribution is 2.10. The smallest absolute Gasteiger partial charge is 0.322 e. The summed E-state index contributed by atoms with van der Waals surface area (Å²) in [5.41, 5.74) is 2.30. The molecular weight excluding hydrogens is 278 g/mol. The van der Waals surface area contributed by atoms with Crippen LogP contribution < -0.4 is 15.5 Å². The van der Waals surface area contributed by atoms with Gasteiger partial charge in [0, 0.05) is 17.5 Å². The zero-order chi connectivity index (χ0) is 16.3. The monoisotopic (exact) mass is 304 g/mol. The van der Waals surface area contributed by atoms with Gasteiger partial charge in [-0.1, -0.05) is 24.3 Å². The van der Waals surface area contributed by atoms with Gasteiger partial charge in [-0.05, 0) is 33.3 Å². The standard InChI is InChI=1S/C17H25N3O2/c1-12(15(21)18-16(22)19-17(2,3)4)20-10-9-13-7-5-6-8-14(13)11-20/h5-8,12H,9-11H2,1-4H3,(H2,18,19,21,22)/p+1/t12-/m1/s1. The van der Waals surface area contributed by atoms with Crippen molar-refractivity contribution in [2.24, 2.45) is 0 Å². The molecule has 120 valence electrons. The molecule has 22 heavy (non-hydrogen) atoms. The Morgan fingerprint density at radius 1 is 1.18 bits per heavy atom. The summed E-state index contributed by atoms with van der Waals surface area (Å²) in [6, 6.07) is 7.67. The second kappa shape index (κ2) is 6.48. The molecule has 2 atom stereocenters. The van der Waals surface area contributed by atoms with Crippen LogP contribution in [-0.4, -0.2) is 30.1 Å². The van der Waals surface area contributed by atoms with Crippen LogP contribution in [0.4, 0.5) is 4.79 Å². The van der Waals surface area contributed by atoms with Gasteiger partial charge in [0.1, 0.15) is 6.54 Å². The minimum Gasteiger partial charge on any atom is -0.333 e. The molecule has 1 aromatic carbocycles. The van der Waals surface area contributed by atoms with Crippen LogP contribution in [-0.2, 0) is 17.8 Å².